The molecule has 0 radical (unpaired) electrons. The highest BCUT2D eigenvalue weighted by molar-refractivity contribution is 5.84. The van der Waals surface area contributed by atoms with Gasteiger partial charge in [-0.2, -0.15) is 0 Å². The number of ether oxygens (including phenoxy) is 2. The van der Waals surface area contributed by atoms with Crippen LogP contribution in [0.1, 0.15) is 42.0 Å². The van der Waals surface area contributed by atoms with E-state index in [1.54, 1.807) is 14.2 Å². The van der Waals surface area contributed by atoms with Crippen LogP contribution in [0.25, 0.3) is 11.6 Å². The summed E-state index contributed by atoms with van der Waals surface area (Å²) in [4.78, 5) is 0. The Morgan fingerprint density at radius 2 is 1.65 bits per heavy atom. The van der Waals surface area contributed by atoms with E-state index < -0.39 is 0 Å². The molecule has 0 aliphatic heterocycles. The van der Waals surface area contributed by atoms with Gasteiger partial charge in [-0.05, 0) is 49.8 Å². The van der Waals surface area contributed by atoms with Crippen LogP contribution >= 0.6 is 0 Å². The summed E-state index contributed by atoms with van der Waals surface area (Å²) >= 11 is 0. The molecule has 3 rings (SSSR count). The van der Waals surface area contributed by atoms with Gasteiger partial charge in [-0.25, -0.2) is 0 Å². The van der Waals surface area contributed by atoms with Crippen molar-refractivity contribution < 1.29 is 9.47 Å². The Hall–Kier alpha value is -2.22. The van der Waals surface area contributed by atoms with Crippen LogP contribution < -0.4 is 9.47 Å². The molecule has 2 nitrogen and oxygen atoms in total. The number of hydrogen-bond donors (Lipinski definition) is 0. The number of methoxy groups -OCH3 is 2. The maximum atomic E-state index is 5.81. The molecule has 0 atom stereocenters. The van der Waals surface area contributed by atoms with Gasteiger partial charge in [-0.1, -0.05) is 36.4 Å². The van der Waals surface area contributed by atoms with E-state index in [1.807, 2.05) is 6.07 Å². The average molecular weight is 308 g/mol. The summed E-state index contributed by atoms with van der Waals surface area (Å²) in [6.07, 6.45) is 6.80. The SMILES string of the molecule is COc1cc(C(C)=Cc2ccccc2)c(OC)c2c1CCCC2. The quantitative estimate of drug-likeness (QED) is 0.728. The molecule has 2 aromatic carbocycles. The average Bonchev–Trinajstić information content (AvgIpc) is 2.61. The van der Waals surface area contributed by atoms with Crippen LogP contribution in [0.15, 0.2) is 36.4 Å². The van der Waals surface area contributed by atoms with Crippen LogP contribution in [-0.4, -0.2) is 14.2 Å². The van der Waals surface area contributed by atoms with Crippen molar-refractivity contribution in [2.75, 3.05) is 14.2 Å². The molecule has 0 saturated heterocycles. The van der Waals surface area contributed by atoms with E-state index in [1.165, 1.54) is 35.1 Å². The molecule has 23 heavy (non-hydrogen) atoms. The lowest BCUT2D eigenvalue weighted by Crippen LogP contribution is -2.09. The normalized spacial score (nSPS) is 14.3. The highest BCUT2D eigenvalue weighted by atomic mass is 16.5. The van der Waals surface area contributed by atoms with E-state index in [4.69, 9.17) is 9.47 Å². The smallest absolute Gasteiger partial charge is 0.130 e. The lowest BCUT2D eigenvalue weighted by atomic mass is 9.87. The second-order valence-electron chi connectivity index (χ2n) is 6.06. The Morgan fingerprint density at radius 1 is 0.957 bits per heavy atom. The molecular formula is C21H24O2. The summed E-state index contributed by atoms with van der Waals surface area (Å²) in [5, 5.41) is 0. The molecule has 0 N–H and O–H groups in total. The van der Waals surface area contributed by atoms with E-state index >= 15 is 0 Å². The van der Waals surface area contributed by atoms with Gasteiger partial charge >= 0.3 is 0 Å². The van der Waals surface area contributed by atoms with E-state index in [0.29, 0.717) is 0 Å². The minimum absolute atomic E-state index is 0.997. The highest BCUT2D eigenvalue weighted by Gasteiger charge is 2.22. The first-order valence-electron chi connectivity index (χ1n) is 8.25. The molecule has 0 heterocycles. The fourth-order valence-corrected chi connectivity index (χ4v) is 3.46. The van der Waals surface area contributed by atoms with Crippen LogP contribution in [0.4, 0.5) is 0 Å². The molecule has 0 amide bonds. The van der Waals surface area contributed by atoms with Gasteiger partial charge in [0.1, 0.15) is 11.5 Å². The van der Waals surface area contributed by atoms with E-state index in [2.05, 4.69) is 43.3 Å². The zero-order chi connectivity index (χ0) is 16.2. The summed E-state index contributed by atoms with van der Waals surface area (Å²) < 4.78 is 11.5. The van der Waals surface area contributed by atoms with Crippen molar-refractivity contribution in [2.45, 2.75) is 32.6 Å². The topological polar surface area (TPSA) is 18.5 Å². The number of rotatable bonds is 4. The predicted molar refractivity (Wildman–Crippen MR) is 96.2 cm³/mol. The molecule has 0 bridgehead atoms. The first kappa shape index (κ1) is 15.7. The lowest BCUT2D eigenvalue weighted by molar-refractivity contribution is 0.388. The van der Waals surface area contributed by atoms with Crippen LogP contribution in [0.2, 0.25) is 0 Å². The van der Waals surface area contributed by atoms with Gasteiger partial charge in [0.15, 0.2) is 0 Å². The number of allylic oxidation sites excluding steroid dienone is 1. The summed E-state index contributed by atoms with van der Waals surface area (Å²) in [5.74, 6) is 2.02. The van der Waals surface area contributed by atoms with Crippen LogP contribution in [0.3, 0.4) is 0 Å². The monoisotopic (exact) mass is 308 g/mol. The number of hydrogen-bond acceptors (Lipinski definition) is 2. The van der Waals surface area contributed by atoms with Crippen LogP contribution in [0, 0.1) is 0 Å². The Kier molecular flexibility index (Phi) is 4.71. The van der Waals surface area contributed by atoms with E-state index in [-0.39, 0.29) is 0 Å². The largest absolute Gasteiger partial charge is 0.496 e. The van der Waals surface area contributed by atoms with Gasteiger partial charge in [-0.15, -0.1) is 0 Å². The first-order chi connectivity index (χ1) is 11.2. The molecule has 2 heteroatoms. The Labute approximate surface area is 138 Å². The summed E-state index contributed by atoms with van der Waals surface area (Å²) in [5.41, 5.74) is 6.18. The maximum Gasteiger partial charge on any atom is 0.130 e. The van der Waals surface area contributed by atoms with E-state index in [9.17, 15) is 0 Å². The molecule has 0 aromatic heterocycles. The number of benzene rings is 2. The van der Waals surface area contributed by atoms with Crippen molar-refractivity contribution in [2.24, 2.45) is 0 Å². The van der Waals surface area contributed by atoms with Crippen LogP contribution in [0.5, 0.6) is 11.5 Å². The van der Waals surface area contributed by atoms with E-state index in [0.717, 1.165) is 29.9 Å². The van der Waals surface area contributed by atoms with Crippen molar-refractivity contribution in [3.05, 3.63) is 58.7 Å². The fourth-order valence-electron chi connectivity index (χ4n) is 3.46. The van der Waals surface area contributed by atoms with Gasteiger partial charge in [0.2, 0.25) is 0 Å². The summed E-state index contributed by atoms with van der Waals surface area (Å²) in [6.45, 7) is 2.14. The summed E-state index contributed by atoms with van der Waals surface area (Å²) in [6, 6.07) is 12.5. The molecule has 0 saturated carbocycles. The van der Waals surface area contributed by atoms with Crippen LogP contribution in [-0.2, 0) is 12.8 Å². The predicted octanol–water partition coefficient (Wildman–Crippen LogP) is 5.14. The molecular weight excluding hydrogens is 284 g/mol. The Morgan fingerprint density at radius 3 is 2.30 bits per heavy atom. The Balaban J connectivity index is 2.13. The van der Waals surface area contributed by atoms with Gasteiger partial charge in [0.05, 0.1) is 14.2 Å². The lowest BCUT2D eigenvalue weighted by Gasteiger charge is -2.24. The van der Waals surface area contributed by atoms with Crippen molar-refractivity contribution >= 4 is 11.6 Å². The summed E-state index contributed by atoms with van der Waals surface area (Å²) in [7, 11) is 3.53. The van der Waals surface area contributed by atoms with Gasteiger partial charge in [0.25, 0.3) is 0 Å². The van der Waals surface area contributed by atoms with Crippen molar-refractivity contribution in [3.63, 3.8) is 0 Å². The minimum atomic E-state index is 0.997. The zero-order valence-corrected chi connectivity index (χ0v) is 14.2. The zero-order valence-electron chi connectivity index (χ0n) is 14.2. The third kappa shape index (κ3) is 3.12. The van der Waals surface area contributed by atoms with Crippen molar-refractivity contribution in [1.82, 2.24) is 0 Å². The molecule has 1 aliphatic rings. The van der Waals surface area contributed by atoms with Crippen molar-refractivity contribution in [3.8, 4) is 11.5 Å². The second-order valence-corrected chi connectivity index (χ2v) is 6.06. The third-order valence-corrected chi connectivity index (χ3v) is 4.59. The van der Waals surface area contributed by atoms with Gasteiger partial charge in [-0.3, -0.25) is 0 Å². The number of fused-ring (bicyclic) bond motifs is 1. The molecule has 1 aliphatic carbocycles. The molecule has 0 spiro atoms. The molecule has 120 valence electrons. The minimum Gasteiger partial charge on any atom is -0.496 e. The maximum absolute atomic E-state index is 5.81. The van der Waals surface area contributed by atoms with Gasteiger partial charge < -0.3 is 9.47 Å². The highest BCUT2D eigenvalue weighted by Crippen LogP contribution is 2.41. The van der Waals surface area contributed by atoms with Gasteiger partial charge in [0, 0.05) is 16.7 Å². The standard InChI is InChI=1S/C21H24O2/c1-15(13-16-9-5-4-6-10-16)19-14-20(22-2)17-11-7-8-12-18(17)21(19)23-3/h4-6,9-10,13-14H,7-8,11-12H2,1-3H3. The Bertz CT molecular complexity index is 714. The third-order valence-electron chi connectivity index (χ3n) is 4.59. The molecule has 0 fully saturated rings. The first-order valence-corrected chi connectivity index (χ1v) is 8.25. The molecule has 2 aromatic rings. The fraction of sp³-hybridized carbons (Fsp3) is 0.333. The molecule has 0 unspecified atom stereocenters. The second kappa shape index (κ2) is 6.91. The van der Waals surface area contributed by atoms with Crippen molar-refractivity contribution in [1.29, 1.82) is 0 Å².